The van der Waals surface area contributed by atoms with E-state index in [4.69, 9.17) is 9.47 Å². The Bertz CT molecular complexity index is 596. The molecule has 0 bridgehead atoms. The van der Waals surface area contributed by atoms with E-state index in [1.807, 2.05) is 24.3 Å². The number of ether oxygens (including phenoxy) is 2. The molecule has 2 rings (SSSR count). The van der Waals surface area contributed by atoms with E-state index < -0.39 is 0 Å². The van der Waals surface area contributed by atoms with Crippen molar-refractivity contribution in [1.82, 2.24) is 5.32 Å². The molecule has 112 valence electrons. The normalized spacial score (nSPS) is 12.0. The summed E-state index contributed by atoms with van der Waals surface area (Å²) >= 11 is 0. The molecule has 2 aromatic carbocycles. The zero-order valence-electron chi connectivity index (χ0n) is 13.1. The summed E-state index contributed by atoms with van der Waals surface area (Å²) < 4.78 is 10.8. The Morgan fingerprint density at radius 1 is 1.00 bits per heavy atom. The van der Waals surface area contributed by atoms with Crippen molar-refractivity contribution < 1.29 is 9.47 Å². The van der Waals surface area contributed by atoms with Crippen molar-refractivity contribution in [1.29, 1.82) is 0 Å². The predicted octanol–water partition coefficient (Wildman–Crippen LogP) is 3.86. The molecule has 1 atom stereocenters. The molecule has 1 N–H and O–H groups in total. The van der Waals surface area contributed by atoms with Crippen molar-refractivity contribution in [3.05, 3.63) is 59.2 Å². The van der Waals surface area contributed by atoms with Crippen molar-refractivity contribution in [3.8, 4) is 11.5 Å². The van der Waals surface area contributed by atoms with Crippen molar-refractivity contribution in [3.63, 3.8) is 0 Å². The Labute approximate surface area is 126 Å². The molecule has 2 aromatic rings. The fraction of sp³-hybridized carbons (Fsp3) is 0.333. The van der Waals surface area contributed by atoms with Gasteiger partial charge in [0.25, 0.3) is 0 Å². The molecule has 0 aliphatic heterocycles. The molecule has 0 spiro atoms. The summed E-state index contributed by atoms with van der Waals surface area (Å²) in [6, 6.07) is 14.5. The van der Waals surface area contributed by atoms with Crippen LogP contribution in [-0.4, -0.2) is 14.2 Å². The number of nitrogens with one attached hydrogen (secondary N) is 1. The number of hydrogen-bond donors (Lipinski definition) is 1. The first-order valence-electron chi connectivity index (χ1n) is 7.15. The fourth-order valence-electron chi connectivity index (χ4n) is 2.44. The van der Waals surface area contributed by atoms with Crippen molar-refractivity contribution in [2.45, 2.75) is 26.4 Å². The minimum Gasteiger partial charge on any atom is -0.496 e. The first-order chi connectivity index (χ1) is 10.2. The van der Waals surface area contributed by atoms with Gasteiger partial charge >= 0.3 is 0 Å². The molecule has 1 unspecified atom stereocenters. The Morgan fingerprint density at radius 2 is 1.71 bits per heavy atom. The number of para-hydroxylation sites is 1. The monoisotopic (exact) mass is 285 g/mol. The zero-order valence-corrected chi connectivity index (χ0v) is 13.1. The number of methoxy groups -OCH3 is 2. The van der Waals surface area contributed by atoms with Gasteiger partial charge in [0.1, 0.15) is 11.5 Å². The molecule has 0 saturated heterocycles. The van der Waals surface area contributed by atoms with E-state index in [0.29, 0.717) is 0 Å². The molecule has 0 aliphatic carbocycles. The van der Waals surface area contributed by atoms with Crippen LogP contribution < -0.4 is 14.8 Å². The highest BCUT2D eigenvalue weighted by molar-refractivity contribution is 5.38. The van der Waals surface area contributed by atoms with Crippen LogP contribution in [0.1, 0.15) is 29.7 Å². The SMILES string of the molecule is COc1ccc(C)cc1CNC(C)c1ccccc1OC. The van der Waals surface area contributed by atoms with E-state index in [1.54, 1.807) is 14.2 Å². The van der Waals surface area contributed by atoms with Gasteiger partial charge in [0.2, 0.25) is 0 Å². The lowest BCUT2D eigenvalue weighted by atomic mass is 10.1. The van der Waals surface area contributed by atoms with Crippen LogP contribution in [0, 0.1) is 6.92 Å². The minimum absolute atomic E-state index is 0.200. The second-order valence-electron chi connectivity index (χ2n) is 5.16. The molecule has 0 heterocycles. The highest BCUT2D eigenvalue weighted by Gasteiger charge is 2.11. The summed E-state index contributed by atoms with van der Waals surface area (Å²) in [5.74, 6) is 1.83. The lowest BCUT2D eigenvalue weighted by molar-refractivity contribution is 0.397. The van der Waals surface area contributed by atoms with E-state index in [9.17, 15) is 0 Å². The first kappa shape index (κ1) is 15.4. The van der Waals surface area contributed by atoms with Gasteiger partial charge in [0.05, 0.1) is 14.2 Å². The van der Waals surface area contributed by atoms with Gasteiger partial charge in [-0.2, -0.15) is 0 Å². The first-order valence-corrected chi connectivity index (χ1v) is 7.15. The Balaban J connectivity index is 2.11. The Morgan fingerprint density at radius 3 is 2.43 bits per heavy atom. The smallest absolute Gasteiger partial charge is 0.123 e. The summed E-state index contributed by atoms with van der Waals surface area (Å²) in [5.41, 5.74) is 3.56. The van der Waals surface area contributed by atoms with Crippen molar-refractivity contribution in [2.24, 2.45) is 0 Å². The second kappa shape index (κ2) is 7.14. The highest BCUT2D eigenvalue weighted by atomic mass is 16.5. The average Bonchev–Trinajstić information content (AvgIpc) is 2.52. The zero-order chi connectivity index (χ0) is 15.2. The molecular formula is C18H23NO2. The van der Waals surface area contributed by atoms with E-state index in [1.165, 1.54) is 11.1 Å². The van der Waals surface area contributed by atoms with Crippen LogP contribution in [0.4, 0.5) is 0 Å². The van der Waals surface area contributed by atoms with E-state index in [-0.39, 0.29) is 6.04 Å². The molecule has 0 saturated carbocycles. The van der Waals surface area contributed by atoms with Crippen LogP contribution in [0.3, 0.4) is 0 Å². The van der Waals surface area contributed by atoms with Crippen LogP contribution in [0.25, 0.3) is 0 Å². The molecule has 0 radical (unpaired) electrons. The lowest BCUT2D eigenvalue weighted by Crippen LogP contribution is -2.19. The van der Waals surface area contributed by atoms with Gasteiger partial charge in [-0.05, 0) is 26.0 Å². The molecule has 21 heavy (non-hydrogen) atoms. The van der Waals surface area contributed by atoms with E-state index in [2.05, 4.69) is 37.4 Å². The minimum atomic E-state index is 0.200. The van der Waals surface area contributed by atoms with Gasteiger partial charge < -0.3 is 14.8 Å². The summed E-state index contributed by atoms with van der Waals surface area (Å²) in [5, 5.41) is 3.53. The summed E-state index contributed by atoms with van der Waals surface area (Å²) in [7, 11) is 3.41. The molecular weight excluding hydrogens is 262 g/mol. The maximum Gasteiger partial charge on any atom is 0.123 e. The maximum atomic E-state index is 5.42. The van der Waals surface area contributed by atoms with Crippen molar-refractivity contribution in [2.75, 3.05) is 14.2 Å². The Kier molecular flexibility index (Phi) is 5.23. The number of benzene rings is 2. The van der Waals surface area contributed by atoms with Crippen LogP contribution in [0.2, 0.25) is 0 Å². The van der Waals surface area contributed by atoms with Gasteiger partial charge in [-0.3, -0.25) is 0 Å². The third-order valence-electron chi connectivity index (χ3n) is 3.64. The summed E-state index contributed by atoms with van der Waals surface area (Å²) in [4.78, 5) is 0. The van der Waals surface area contributed by atoms with Gasteiger partial charge in [-0.25, -0.2) is 0 Å². The van der Waals surface area contributed by atoms with Gasteiger partial charge in [-0.15, -0.1) is 0 Å². The molecule has 3 nitrogen and oxygen atoms in total. The Hall–Kier alpha value is -2.00. The summed E-state index contributed by atoms with van der Waals surface area (Å²) in [6.45, 7) is 4.98. The quantitative estimate of drug-likeness (QED) is 0.874. The third kappa shape index (κ3) is 3.76. The maximum absolute atomic E-state index is 5.42. The predicted molar refractivity (Wildman–Crippen MR) is 86.0 cm³/mol. The third-order valence-corrected chi connectivity index (χ3v) is 3.64. The number of rotatable bonds is 6. The molecule has 0 aromatic heterocycles. The van der Waals surface area contributed by atoms with Gasteiger partial charge in [0, 0.05) is 23.7 Å². The topological polar surface area (TPSA) is 30.5 Å². The highest BCUT2D eigenvalue weighted by Crippen LogP contribution is 2.26. The second-order valence-corrected chi connectivity index (χ2v) is 5.16. The van der Waals surface area contributed by atoms with E-state index >= 15 is 0 Å². The lowest BCUT2D eigenvalue weighted by Gasteiger charge is -2.18. The van der Waals surface area contributed by atoms with Crippen molar-refractivity contribution >= 4 is 0 Å². The van der Waals surface area contributed by atoms with Crippen LogP contribution >= 0.6 is 0 Å². The molecule has 0 fully saturated rings. The molecule has 3 heteroatoms. The van der Waals surface area contributed by atoms with Crippen LogP contribution in [-0.2, 0) is 6.54 Å². The number of aryl methyl sites for hydroxylation is 1. The largest absolute Gasteiger partial charge is 0.496 e. The average molecular weight is 285 g/mol. The fourth-order valence-corrected chi connectivity index (χ4v) is 2.44. The standard InChI is InChI=1S/C18H23NO2/c1-13-9-10-17(20-3)15(11-13)12-19-14(2)16-7-5-6-8-18(16)21-4/h5-11,14,19H,12H2,1-4H3. The van der Waals surface area contributed by atoms with Gasteiger partial charge in [0.15, 0.2) is 0 Å². The molecule has 0 amide bonds. The van der Waals surface area contributed by atoms with Gasteiger partial charge in [-0.1, -0.05) is 35.9 Å². The van der Waals surface area contributed by atoms with Crippen LogP contribution in [0.15, 0.2) is 42.5 Å². The number of hydrogen-bond acceptors (Lipinski definition) is 3. The summed E-state index contributed by atoms with van der Waals surface area (Å²) in [6.07, 6.45) is 0. The molecule has 0 aliphatic rings. The van der Waals surface area contributed by atoms with E-state index in [0.717, 1.165) is 23.6 Å². The van der Waals surface area contributed by atoms with Crippen LogP contribution in [0.5, 0.6) is 11.5 Å².